The van der Waals surface area contributed by atoms with Crippen LogP contribution in [0.15, 0.2) is 0 Å². The van der Waals surface area contributed by atoms with Gasteiger partial charge < -0.3 is 10.6 Å². The van der Waals surface area contributed by atoms with E-state index in [1.54, 1.807) is 0 Å². The molecule has 13 heavy (non-hydrogen) atoms. The van der Waals surface area contributed by atoms with Crippen molar-refractivity contribution < 1.29 is 0 Å². The maximum atomic E-state index is 5.66. The molecule has 0 aromatic heterocycles. The van der Waals surface area contributed by atoms with Gasteiger partial charge in [0, 0.05) is 0 Å². The molecule has 78 valence electrons. The Morgan fingerprint density at radius 1 is 1.08 bits per heavy atom. The normalized spacial score (nSPS) is 29.5. The average Bonchev–Trinajstić information content (AvgIpc) is 2.15. The molecule has 1 aliphatic carbocycles. The third kappa shape index (κ3) is 4.10. The van der Waals surface area contributed by atoms with Crippen molar-refractivity contribution in [2.24, 2.45) is 17.6 Å². The lowest BCUT2D eigenvalue weighted by Crippen LogP contribution is -2.24. The molecule has 2 heteroatoms. The first kappa shape index (κ1) is 11.0. The third-order valence-corrected chi connectivity index (χ3v) is 3.28. The minimum Gasteiger partial charge on any atom is -0.330 e. The summed E-state index contributed by atoms with van der Waals surface area (Å²) in [6.07, 6.45) is 6.94. The lowest BCUT2D eigenvalue weighted by atomic mass is 9.80. The Kier molecular flexibility index (Phi) is 4.74. The Bertz CT molecular complexity index is 126. The Morgan fingerprint density at radius 3 is 2.08 bits per heavy atom. The van der Waals surface area contributed by atoms with Crippen LogP contribution in [0.25, 0.3) is 0 Å². The van der Waals surface area contributed by atoms with Crippen LogP contribution in [0.1, 0.15) is 32.1 Å². The van der Waals surface area contributed by atoms with Crippen LogP contribution in [0.2, 0.25) is 0 Å². The number of nitrogens with zero attached hydrogens (tertiary/aromatic N) is 1. The zero-order valence-electron chi connectivity index (χ0n) is 9.13. The van der Waals surface area contributed by atoms with E-state index in [9.17, 15) is 0 Å². The molecule has 1 fully saturated rings. The average molecular weight is 184 g/mol. The highest BCUT2D eigenvalue weighted by Crippen LogP contribution is 2.29. The first-order valence-electron chi connectivity index (χ1n) is 5.57. The van der Waals surface area contributed by atoms with E-state index < -0.39 is 0 Å². The molecule has 0 unspecified atom stereocenters. The zero-order chi connectivity index (χ0) is 9.68. The predicted octanol–water partition coefficient (Wildman–Crippen LogP) is 1.70. The summed E-state index contributed by atoms with van der Waals surface area (Å²) in [4.78, 5) is 2.29. The SMILES string of the molecule is CN(C)CCC1CCC(CN)CC1. The van der Waals surface area contributed by atoms with Crippen molar-refractivity contribution in [2.45, 2.75) is 32.1 Å². The standard InChI is InChI=1S/C11H24N2/c1-13(2)8-7-10-3-5-11(9-12)6-4-10/h10-11H,3-9,12H2,1-2H3. The van der Waals surface area contributed by atoms with Crippen LogP contribution in [-0.2, 0) is 0 Å². The first-order chi connectivity index (χ1) is 6.22. The van der Waals surface area contributed by atoms with Gasteiger partial charge in [-0.25, -0.2) is 0 Å². The van der Waals surface area contributed by atoms with Gasteiger partial charge in [-0.2, -0.15) is 0 Å². The lowest BCUT2D eigenvalue weighted by Gasteiger charge is -2.28. The van der Waals surface area contributed by atoms with Gasteiger partial charge in [-0.3, -0.25) is 0 Å². The lowest BCUT2D eigenvalue weighted by molar-refractivity contribution is 0.246. The summed E-state index contributed by atoms with van der Waals surface area (Å²) in [6.45, 7) is 2.15. The Labute approximate surface area is 82.5 Å². The van der Waals surface area contributed by atoms with Crippen LogP contribution in [0, 0.1) is 11.8 Å². The van der Waals surface area contributed by atoms with Gasteiger partial charge in [-0.05, 0) is 58.3 Å². The van der Waals surface area contributed by atoms with Gasteiger partial charge in [0.15, 0.2) is 0 Å². The number of nitrogens with two attached hydrogens (primary N) is 1. The van der Waals surface area contributed by atoms with Gasteiger partial charge in [-0.15, -0.1) is 0 Å². The number of rotatable bonds is 4. The molecule has 1 aliphatic rings. The molecular formula is C11H24N2. The minimum absolute atomic E-state index is 0.829. The summed E-state index contributed by atoms with van der Waals surface area (Å²) < 4.78 is 0. The van der Waals surface area contributed by atoms with E-state index in [0.717, 1.165) is 18.4 Å². The molecule has 1 saturated carbocycles. The van der Waals surface area contributed by atoms with Crippen LogP contribution in [-0.4, -0.2) is 32.1 Å². The second-order valence-electron chi connectivity index (χ2n) is 4.71. The minimum atomic E-state index is 0.829. The monoisotopic (exact) mass is 184 g/mol. The van der Waals surface area contributed by atoms with E-state index in [1.807, 2.05) is 0 Å². The summed E-state index contributed by atoms with van der Waals surface area (Å²) in [7, 11) is 4.32. The van der Waals surface area contributed by atoms with Crippen LogP contribution >= 0.6 is 0 Å². The van der Waals surface area contributed by atoms with E-state index in [0.29, 0.717) is 0 Å². The van der Waals surface area contributed by atoms with Gasteiger partial charge in [0.2, 0.25) is 0 Å². The van der Waals surface area contributed by atoms with E-state index in [-0.39, 0.29) is 0 Å². The smallest absolute Gasteiger partial charge is 0.00222 e. The topological polar surface area (TPSA) is 29.3 Å². The van der Waals surface area contributed by atoms with Crippen LogP contribution in [0.4, 0.5) is 0 Å². The molecule has 0 aromatic rings. The molecule has 0 aliphatic heterocycles. The first-order valence-corrected chi connectivity index (χ1v) is 5.57. The van der Waals surface area contributed by atoms with Crippen LogP contribution < -0.4 is 5.73 Å². The summed E-state index contributed by atoms with van der Waals surface area (Å²) in [6, 6.07) is 0. The Morgan fingerprint density at radius 2 is 1.62 bits per heavy atom. The fraction of sp³-hybridized carbons (Fsp3) is 1.00. The molecule has 0 amide bonds. The van der Waals surface area contributed by atoms with Gasteiger partial charge in [-0.1, -0.05) is 12.8 Å². The highest BCUT2D eigenvalue weighted by Gasteiger charge is 2.19. The van der Waals surface area contributed by atoms with E-state index in [4.69, 9.17) is 5.73 Å². The maximum absolute atomic E-state index is 5.66. The molecule has 2 nitrogen and oxygen atoms in total. The quantitative estimate of drug-likeness (QED) is 0.720. The third-order valence-electron chi connectivity index (χ3n) is 3.28. The van der Waals surface area contributed by atoms with E-state index in [2.05, 4.69) is 19.0 Å². The second-order valence-corrected chi connectivity index (χ2v) is 4.71. The fourth-order valence-corrected chi connectivity index (χ4v) is 2.20. The molecule has 0 heterocycles. The summed E-state index contributed by atoms with van der Waals surface area (Å²) >= 11 is 0. The molecule has 0 saturated heterocycles. The molecule has 0 atom stereocenters. The number of hydrogen-bond donors (Lipinski definition) is 1. The van der Waals surface area contributed by atoms with Crippen molar-refractivity contribution >= 4 is 0 Å². The van der Waals surface area contributed by atoms with Crippen LogP contribution in [0.5, 0.6) is 0 Å². The molecule has 0 spiro atoms. The summed E-state index contributed by atoms with van der Waals surface area (Å²) in [5, 5.41) is 0. The van der Waals surface area contributed by atoms with Crippen molar-refractivity contribution in [2.75, 3.05) is 27.2 Å². The largest absolute Gasteiger partial charge is 0.330 e. The van der Waals surface area contributed by atoms with Gasteiger partial charge in [0.1, 0.15) is 0 Å². The van der Waals surface area contributed by atoms with Crippen molar-refractivity contribution in [3.05, 3.63) is 0 Å². The predicted molar refractivity (Wildman–Crippen MR) is 57.7 cm³/mol. The van der Waals surface area contributed by atoms with Crippen molar-refractivity contribution in [1.29, 1.82) is 0 Å². The van der Waals surface area contributed by atoms with Gasteiger partial charge in [0.25, 0.3) is 0 Å². The fourth-order valence-electron chi connectivity index (χ4n) is 2.20. The summed E-state index contributed by atoms with van der Waals surface area (Å²) in [5.74, 6) is 1.81. The van der Waals surface area contributed by atoms with Crippen molar-refractivity contribution in [3.63, 3.8) is 0 Å². The highest BCUT2D eigenvalue weighted by atomic mass is 15.0. The van der Waals surface area contributed by atoms with E-state index in [1.165, 1.54) is 38.6 Å². The van der Waals surface area contributed by atoms with Gasteiger partial charge in [0.05, 0.1) is 0 Å². The molecule has 0 aromatic carbocycles. The molecular weight excluding hydrogens is 160 g/mol. The summed E-state index contributed by atoms with van der Waals surface area (Å²) in [5.41, 5.74) is 5.66. The van der Waals surface area contributed by atoms with Crippen molar-refractivity contribution in [1.82, 2.24) is 4.90 Å². The second kappa shape index (κ2) is 5.61. The van der Waals surface area contributed by atoms with Gasteiger partial charge >= 0.3 is 0 Å². The zero-order valence-corrected chi connectivity index (χ0v) is 9.13. The molecule has 0 bridgehead atoms. The Balaban J connectivity index is 2.10. The van der Waals surface area contributed by atoms with Crippen molar-refractivity contribution in [3.8, 4) is 0 Å². The maximum Gasteiger partial charge on any atom is -0.00222 e. The number of hydrogen-bond acceptors (Lipinski definition) is 2. The molecule has 2 N–H and O–H groups in total. The van der Waals surface area contributed by atoms with E-state index >= 15 is 0 Å². The molecule has 0 radical (unpaired) electrons. The molecule has 1 rings (SSSR count). The highest BCUT2D eigenvalue weighted by molar-refractivity contribution is 4.73. The Hall–Kier alpha value is -0.0800. The van der Waals surface area contributed by atoms with Crippen LogP contribution in [0.3, 0.4) is 0 Å².